The van der Waals surface area contributed by atoms with Gasteiger partial charge in [-0.1, -0.05) is 0 Å². The van der Waals surface area contributed by atoms with Crippen LogP contribution in [0.5, 0.6) is 5.75 Å². The zero-order valence-corrected chi connectivity index (χ0v) is 12.6. The SMILES string of the molecule is CCOC(=O)C(=CNc1cc(F)ccc1OC)C(=O)OCC. The van der Waals surface area contributed by atoms with E-state index in [1.807, 2.05) is 0 Å². The summed E-state index contributed by atoms with van der Waals surface area (Å²) < 4.78 is 27.9. The number of hydrogen-bond donors (Lipinski definition) is 1. The molecule has 0 aliphatic heterocycles. The quantitative estimate of drug-likeness (QED) is 0.360. The molecule has 0 saturated heterocycles. The summed E-state index contributed by atoms with van der Waals surface area (Å²) in [7, 11) is 1.42. The number of carbonyl (C=O) groups excluding carboxylic acids is 2. The van der Waals surface area contributed by atoms with E-state index >= 15 is 0 Å². The fraction of sp³-hybridized carbons (Fsp3) is 0.333. The summed E-state index contributed by atoms with van der Waals surface area (Å²) in [6.07, 6.45) is 1.10. The summed E-state index contributed by atoms with van der Waals surface area (Å²) in [5.41, 5.74) is -0.0661. The molecule has 1 rings (SSSR count). The minimum absolute atomic E-state index is 0.110. The normalized spacial score (nSPS) is 9.64. The van der Waals surface area contributed by atoms with Crippen molar-refractivity contribution in [1.29, 1.82) is 0 Å². The fourth-order valence-corrected chi connectivity index (χ4v) is 1.56. The van der Waals surface area contributed by atoms with Crippen molar-refractivity contribution in [2.45, 2.75) is 13.8 Å². The number of carbonyl (C=O) groups is 2. The number of esters is 2. The summed E-state index contributed by atoms with van der Waals surface area (Å²) in [5.74, 6) is -1.80. The predicted octanol–water partition coefficient (Wildman–Crippen LogP) is 2.26. The van der Waals surface area contributed by atoms with E-state index in [0.717, 1.165) is 6.20 Å². The van der Waals surface area contributed by atoms with Crippen molar-refractivity contribution in [3.8, 4) is 5.75 Å². The van der Waals surface area contributed by atoms with Crippen molar-refractivity contribution < 1.29 is 28.2 Å². The van der Waals surface area contributed by atoms with Crippen LogP contribution in [0.2, 0.25) is 0 Å². The molecule has 0 aromatic heterocycles. The van der Waals surface area contributed by atoms with Crippen molar-refractivity contribution in [3.63, 3.8) is 0 Å². The zero-order valence-electron chi connectivity index (χ0n) is 12.6. The number of benzene rings is 1. The third kappa shape index (κ3) is 4.76. The molecule has 0 amide bonds. The van der Waals surface area contributed by atoms with Crippen molar-refractivity contribution >= 4 is 17.6 Å². The number of methoxy groups -OCH3 is 1. The highest BCUT2D eigenvalue weighted by molar-refractivity contribution is 6.14. The first-order valence-electron chi connectivity index (χ1n) is 6.67. The van der Waals surface area contributed by atoms with E-state index < -0.39 is 17.8 Å². The molecule has 0 heterocycles. The monoisotopic (exact) mass is 311 g/mol. The molecule has 1 aromatic rings. The molecule has 0 spiro atoms. The average molecular weight is 311 g/mol. The minimum atomic E-state index is -0.830. The third-order valence-electron chi connectivity index (χ3n) is 2.52. The van der Waals surface area contributed by atoms with Gasteiger partial charge in [-0.05, 0) is 26.0 Å². The molecule has 0 atom stereocenters. The molecule has 0 aliphatic rings. The Labute approximate surface area is 127 Å². The summed E-state index contributed by atoms with van der Waals surface area (Å²) in [5, 5.41) is 2.66. The van der Waals surface area contributed by atoms with Gasteiger partial charge in [0.25, 0.3) is 0 Å². The van der Waals surface area contributed by atoms with E-state index in [4.69, 9.17) is 14.2 Å². The highest BCUT2D eigenvalue weighted by atomic mass is 19.1. The molecule has 0 bridgehead atoms. The first-order chi connectivity index (χ1) is 10.5. The zero-order chi connectivity index (χ0) is 16.5. The minimum Gasteiger partial charge on any atom is -0.495 e. The number of anilines is 1. The average Bonchev–Trinajstić information content (AvgIpc) is 2.48. The first-order valence-corrected chi connectivity index (χ1v) is 6.67. The van der Waals surface area contributed by atoms with Crippen LogP contribution in [0.3, 0.4) is 0 Å². The second kappa shape index (κ2) is 8.66. The lowest BCUT2D eigenvalue weighted by Crippen LogP contribution is -2.19. The molecule has 0 radical (unpaired) electrons. The van der Waals surface area contributed by atoms with Gasteiger partial charge in [0.2, 0.25) is 0 Å². The Hall–Kier alpha value is -2.57. The number of nitrogens with one attached hydrogen (secondary N) is 1. The molecule has 22 heavy (non-hydrogen) atoms. The standard InChI is InChI=1S/C15H18FNO5/c1-4-21-14(18)11(15(19)22-5-2)9-17-12-8-10(16)6-7-13(12)20-3/h6-9,17H,4-5H2,1-3H3. The Balaban J connectivity index is 3.04. The Kier molecular flexibility index (Phi) is 6.88. The molecule has 120 valence electrons. The van der Waals surface area contributed by atoms with Crippen LogP contribution < -0.4 is 10.1 Å². The van der Waals surface area contributed by atoms with Crippen molar-refractivity contribution in [2.75, 3.05) is 25.6 Å². The lowest BCUT2D eigenvalue weighted by Gasteiger charge is -2.10. The highest BCUT2D eigenvalue weighted by Crippen LogP contribution is 2.25. The molecular formula is C15H18FNO5. The molecule has 0 fully saturated rings. The summed E-state index contributed by atoms with van der Waals surface area (Å²) in [6, 6.07) is 3.81. The maximum absolute atomic E-state index is 13.3. The number of hydrogen-bond acceptors (Lipinski definition) is 6. The van der Waals surface area contributed by atoms with Gasteiger partial charge in [0.1, 0.15) is 11.6 Å². The lowest BCUT2D eigenvalue weighted by molar-refractivity contribution is -0.146. The topological polar surface area (TPSA) is 73.9 Å². The van der Waals surface area contributed by atoms with E-state index in [1.54, 1.807) is 13.8 Å². The maximum Gasteiger partial charge on any atom is 0.347 e. The summed E-state index contributed by atoms with van der Waals surface area (Å²) in [4.78, 5) is 23.5. The van der Waals surface area contributed by atoms with Gasteiger partial charge in [0, 0.05) is 12.3 Å². The lowest BCUT2D eigenvalue weighted by atomic mass is 10.2. The molecule has 1 aromatic carbocycles. The second-order valence-electron chi connectivity index (χ2n) is 3.99. The van der Waals surface area contributed by atoms with Gasteiger partial charge in [0.15, 0.2) is 5.57 Å². The van der Waals surface area contributed by atoms with Crippen molar-refractivity contribution in [2.24, 2.45) is 0 Å². The molecule has 0 saturated carbocycles. The molecule has 0 unspecified atom stereocenters. The van der Waals surface area contributed by atoms with Gasteiger partial charge < -0.3 is 19.5 Å². The van der Waals surface area contributed by atoms with E-state index in [1.165, 1.54) is 25.3 Å². The van der Waals surface area contributed by atoms with Gasteiger partial charge in [-0.25, -0.2) is 14.0 Å². The largest absolute Gasteiger partial charge is 0.495 e. The van der Waals surface area contributed by atoms with Gasteiger partial charge in [0.05, 0.1) is 26.0 Å². The van der Waals surface area contributed by atoms with E-state index in [-0.39, 0.29) is 24.5 Å². The number of halogens is 1. The first kappa shape index (κ1) is 17.5. The van der Waals surface area contributed by atoms with Crippen molar-refractivity contribution in [1.82, 2.24) is 0 Å². The Morgan fingerprint density at radius 3 is 2.27 bits per heavy atom. The Bertz CT molecular complexity index is 551. The van der Waals surface area contributed by atoms with Crippen LogP contribution in [0.15, 0.2) is 30.0 Å². The van der Waals surface area contributed by atoms with Gasteiger partial charge in [-0.15, -0.1) is 0 Å². The maximum atomic E-state index is 13.3. The van der Waals surface area contributed by atoms with Crippen LogP contribution in [-0.4, -0.2) is 32.3 Å². The highest BCUT2D eigenvalue weighted by Gasteiger charge is 2.21. The van der Waals surface area contributed by atoms with Gasteiger partial charge in [-0.3, -0.25) is 0 Å². The second-order valence-corrected chi connectivity index (χ2v) is 3.99. The fourth-order valence-electron chi connectivity index (χ4n) is 1.56. The third-order valence-corrected chi connectivity index (χ3v) is 2.52. The molecule has 6 nitrogen and oxygen atoms in total. The molecule has 0 aliphatic carbocycles. The van der Waals surface area contributed by atoms with Crippen molar-refractivity contribution in [3.05, 3.63) is 35.8 Å². The van der Waals surface area contributed by atoms with E-state index in [9.17, 15) is 14.0 Å². The Morgan fingerprint density at radius 2 is 1.77 bits per heavy atom. The molecule has 1 N–H and O–H groups in total. The summed E-state index contributed by atoms with van der Waals surface area (Å²) >= 11 is 0. The van der Waals surface area contributed by atoms with Crippen LogP contribution in [0, 0.1) is 5.82 Å². The van der Waals surface area contributed by atoms with Gasteiger partial charge >= 0.3 is 11.9 Å². The van der Waals surface area contributed by atoms with Crippen LogP contribution in [0.25, 0.3) is 0 Å². The van der Waals surface area contributed by atoms with Crippen LogP contribution >= 0.6 is 0 Å². The van der Waals surface area contributed by atoms with Gasteiger partial charge in [-0.2, -0.15) is 0 Å². The Morgan fingerprint density at radius 1 is 1.18 bits per heavy atom. The molecule has 7 heteroatoms. The summed E-state index contributed by atoms with van der Waals surface area (Å²) in [6.45, 7) is 3.45. The van der Waals surface area contributed by atoms with Crippen LogP contribution in [0.1, 0.15) is 13.8 Å². The number of ether oxygens (including phenoxy) is 3. The predicted molar refractivity (Wildman–Crippen MR) is 77.9 cm³/mol. The smallest absolute Gasteiger partial charge is 0.347 e. The van der Waals surface area contributed by atoms with E-state index in [2.05, 4.69) is 5.32 Å². The van der Waals surface area contributed by atoms with Crippen LogP contribution in [-0.2, 0) is 19.1 Å². The van der Waals surface area contributed by atoms with E-state index in [0.29, 0.717) is 5.75 Å². The number of rotatable bonds is 7. The van der Waals surface area contributed by atoms with Crippen LogP contribution in [0.4, 0.5) is 10.1 Å². The molecular weight excluding hydrogens is 293 g/mol.